The molecule has 0 unspecified atom stereocenters. The summed E-state index contributed by atoms with van der Waals surface area (Å²) in [5, 5.41) is 10.3. The number of nitrogens with zero attached hydrogens (tertiary/aromatic N) is 1. The Morgan fingerprint density at radius 3 is 2.83 bits per heavy atom. The molecule has 0 atom stereocenters. The van der Waals surface area contributed by atoms with Crippen molar-refractivity contribution in [3.8, 4) is 11.5 Å². The maximum Gasteiger partial charge on any atom is 0.235 e. The molecule has 1 aromatic carbocycles. The van der Waals surface area contributed by atoms with E-state index >= 15 is 0 Å². The summed E-state index contributed by atoms with van der Waals surface area (Å²) >= 11 is 3.33. The molecular formula is C12H12BrNO4. The van der Waals surface area contributed by atoms with Crippen LogP contribution in [0.2, 0.25) is 0 Å². The highest BCUT2D eigenvalue weighted by molar-refractivity contribution is 9.10. The molecule has 96 valence electrons. The quantitative estimate of drug-likeness (QED) is 0.459. The molecule has 0 saturated heterocycles. The predicted octanol–water partition coefficient (Wildman–Crippen LogP) is 3.27. The number of nitro groups is 1. The van der Waals surface area contributed by atoms with Crippen LogP contribution in [0.15, 0.2) is 35.5 Å². The van der Waals surface area contributed by atoms with E-state index in [1.54, 1.807) is 18.2 Å². The van der Waals surface area contributed by atoms with Crippen molar-refractivity contribution in [3.63, 3.8) is 0 Å². The van der Waals surface area contributed by atoms with E-state index in [0.29, 0.717) is 28.1 Å². The molecule has 0 fully saturated rings. The van der Waals surface area contributed by atoms with Gasteiger partial charge in [-0.25, -0.2) is 0 Å². The number of hydrogen-bond acceptors (Lipinski definition) is 4. The molecule has 0 aromatic heterocycles. The fraction of sp³-hybridized carbons (Fsp3) is 0.167. The normalized spacial score (nSPS) is 10.3. The number of ether oxygens (including phenoxy) is 2. The first-order valence-corrected chi connectivity index (χ1v) is 5.80. The van der Waals surface area contributed by atoms with Gasteiger partial charge in [-0.3, -0.25) is 10.1 Å². The summed E-state index contributed by atoms with van der Waals surface area (Å²) in [4.78, 5) is 9.74. The van der Waals surface area contributed by atoms with Gasteiger partial charge < -0.3 is 9.47 Å². The van der Waals surface area contributed by atoms with Gasteiger partial charge in [0.1, 0.15) is 6.61 Å². The van der Waals surface area contributed by atoms with Gasteiger partial charge in [0.25, 0.3) is 0 Å². The molecule has 0 aliphatic rings. The van der Waals surface area contributed by atoms with Crippen LogP contribution < -0.4 is 9.47 Å². The second kappa shape index (κ2) is 6.80. The molecular weight excluding hydrogens is 302 g/mol. The summed E-state index contributed by atoms with van der Waals surface area (Å²) in [5.41, 5.74) is 0.640. The van der Waals surface area contributed by atoms with Crippen LogP contribution in [0.1, 0.15) is 5.56 Å². The van der Waals surface area contributed by atoms with E-state index in [1.807, 2.05) is 0 Å². The molecule has 0 radical (unpaired) electrons. The Morgan fingerprint density at radius 1 is 1.56 bits per heavy atom. The maximum absolute atomic E-state index is 10.3. The van der Waals surface area contributed by atoms with Crippen molar-refractivity contribution >= 4 is 22.0 Å². The minimum Gasteiger partial charge on any atom is -0.493 e. The van der Waals surface area contributed by atoms with Crippen LogP contribution in [-0.4, -0.2) is 18.6 Å². The minimum absolute atomic E-state index is 0.346. The van der Waals surface area contributed by atoms with E-state index in [4.69, 9.17) is 9.47 Å². The highest BCUT2D eigenvalue weighted by Crippen LogP contribution is 2.37. The number of methoxy groups -OCH3 is 1. The average molecular weight is 314 g/mol. The lowest BCUT2D eigenvalue weighted by Crippen LogP contribution is -1.97. The van der Waals surface area contributed by atoms with Crippen molar-refractivity contribution in [2.24, 2.45) is 0 Å². The zero-order chi connectivity index (χ0) is 13.5. The molecule has 0 amide bonds. The first kappa shape index (κ1) is 14.2. The lowest BCUT2D eigenvalue weighted by atomic mass is 10.2. The van der Waals surface area contributed by atoms with Gasteiger partial charge in [0.15, 0.2) is 11.5 Å². The third-order valence-electron chi connectivity index (χ3n) is 1.99. The van der Waals surface area contributed by atoms with Crippen LogP contribution >= 0.6 is 15.9 Å². The number of halogens is 1. The molecule has 0 N–H and O–H groups in total. The first-order valence-electron chi connectivity index (χ1n) is 5.01. The Balaban J connectivity index is 3.09. The standard InChI is InChI=1S/C12H12BrNO4/c1-3-6-18-12-10(13)7-9(4-5-14(15)16)8-11(12)17-2/h3-5,7-8H,1,6H2,2H3/b5-4+. The van der Waals surface area contributed by atoms with Crippen molar-refractivity contribution in [1.82, 2.24) is 0 Å². The van der Waals surface area contributed by atoms with Crippen LogP contribution in [-0.2, 0) is 0 Å². The van der Waals surface area contributed by atoms with E-state index in [9.17, 15) is 10.1 Å². The SMILES string of the molecule is C=CCOc1c(Br)cc(/C=C/[N+](=O)[O-])cc1OC. The molecule has 6 heteroatoms. The third-order valence-corrected chi connectivity index (χ3v) is 2.58. The van der Waals surface area contributed by atoms with Gasteiger partial charge in [0.05, 0.1) is 16.5 Å². The number of rotatable bonds is 6. The fourth-order valence-electron chi connectivity index (χ4n) is 1.27. The summed E-state index contributed by atoms with van der Waals surface area (Å²) in [6.45, 7) is 3.91. The molecule has 0 bridgehead atoms. The van der Waals surface area contributed by atoms with E-state index in [1.165, 1.54) is 13.2 Å². The molecule has 0 aliphatic heterocycles. The van der Waals surface area contributed by atoms with Crippen molar-refractivity contribution in [1.29, 1.82) is 0 Å². The van der Waals surface area contributed by atoms with E-state index < -0.39 is 4.92 Å². The monoisotopic (exact) mass is 313 g/mol. The Labute approximate surface area is 113 Å². The average Bonchev–Trinajstić information content (AvgIpc) is 2.34. The lowest BCUT2D eigenvalue weighted by molar-refractivity contribution is -0.400. The summed E-state index contributed by atoms with van der Waals surface area (Å²) in [6, 6.07) is 3.37. The Hall–Kier alpha value is -1.82. The molecule has 18 heavy (non-hydrogen) atoms. The van der Waals surface area contributed by atoms with Gasteiger partial charge in [0, 0.05) is 6.08 Å². The second-order valence-electron chi connectivity index (χ2n) is 3.23. The van der Waals surface area contributed by atoms with Crippen molar-refractivity contribution in [2.45, 2.75) is 0 Å². The molecule has 1 aromatic rings. The molecule has 0 saturated carbocycles. The third kappa shape index (κ3) is 3.89. The van der Waals surface area contributed by atoms with Gasteiger partial charge >= 0.3 is 0 Å². The summed E-state index contributed by atoms with van der Waals surface area (Å²) in [5.74, 6) is 1.03. The minimum atomic E-state index is -0.525. The Morgan fingerprint density at radius 2 is 2.28 bits per heavy atom. The lowest BCUT2D eigenvalue weighted by Gasteiger charge is -2.12. The maximum atomic E-state index is 10.3. The number of benzene rings is 1. The van der Waals surface area contributed by atoms with E-state index in [2.05, 4.69) is 22.5 Å². The smallest absolute Gasteiger partial charge is 0.235 e. The van der Waals surface area contributed by atoms with E-state index in [-0.39, 0.29) is 0 Å². The van der Waals surface area contributed by atoms with Gasteiger partial charge in [-0.2, -0.15) is 0 Å². The second-order valence-corrected chi connectivity index (χ2v) is 4.09. The molecule has 5 nitrogen and oxygen atoms in total. The molecule has 0 aliphatic carbocycles. The van der Waals surface area contributed by atoms with Crippen LogP contribution in [0, 0.1) is 10.1 Å². The summed E-state index contributed by atoms with van der Waals surface area (Å²) in [7, 11) is 1.50. The Bertz CT molecular complexity index is 485. The van der Waals surface area contributed by atoms with Crippen LogP contribution in [0.4, 0.5) is 0 Å². The Kier molecular flexibility index (Phi) is 5.38. The highest BCUT2D eigenvalue weighted by Gasteiger charge is 2.10. The van der Waals surface area contributed by atoms with Crippen LogP contribution in [0.5, 0.6) is 11.5 Å². The van der Waals surface area contributed by atoms with Crippen molar-refractivity contribution in [3.05, 3.63) is 51.1 Å². The molecule has 0 spiro atoms. The number of hydrogen-bond donors (Lipinski definition) is 0. The van der Waals surface area contributed by atoms with Gasteiger partial charge in [-0.1, -0.05) is 12.7 Å². The zero-order valence-electron chi connectivity index (χ0n) is 9.76. The topological polar surface area (TPSA) is 61.6 Å². The van der Waals surface area contributed by atoms with Gasteiger partial charge in [0.2, 0.25) is 6.20 Å². The van der Waals surface area contributed by atoms with Crippen molar-refractivity contribution in [2.75, 3.05) is 13.7 Å². The van der Waals surface area contributed by atoms with E-state index in [0.717, 1.165) is 6.20 Å². The predicted molar refractivity (Wildman–Crippen MR) is 72.4 cm³/mol. The summed E-state index contributed by atoms with van der Waals surface area (Å²) in [6.07, 6.45) is 3.86. The van der Waals surface area contributed by atoms with Gasteiger partial charge in [-0.05, 0) is 33.6 Å². The fourth-order valence-corrected chi connectivity index (χ4v) is 1.84. The molecule has 0 heterocycles. The highest BCUT2D eigenvalue weighted by atomic mass is 79.9. The zero-order valence-corrected chi connectivity index (χ0v) is 11.3. The summed E-state index contributed by atoms with van der Waals surface area (Å²) < 4.78 is 11.3. The first-order chi connectivity index (χ1) is 8.58. The molecule has 1 rings (SSSR count). The van der Waals surface area contributed by atoms with Gasteiger partial charge in [-0.15, -0.1) is 0 Å². The van der Waals surface area contributed by atoms with Crippen molar-refractivity contribution < 1.29 is 14.4 Å². The van der Waals surface area contributed by atoms with Crippen LogP contribution in [0.3, 0.4) is 0 Å². The van der Waals surface area contributed by atoms with Crippen LogP contribution in [0.25, 0.3) is 6.08 Å². The largest absolute Gasteiger partial charge is 0.493 e.